The van der Waals surface area contributed by atoms with Gasteiger partial charge >= 0.3 is 5.97 Å². The zero-order valence-corrected chi connectivity index (χ0v) is 43.6. The minimum absolute atomic E-state index is 0.000769. The molecule has 8 rings (SSSR count). The number of aryl methyl sites for hydroxylation is 3. The smallest absolute Gasteiger partial charge is 0.335 e. The number of aliphatic hydroxyl groups excluding tert-OH is 1. The summed E-state index contributed by atoms with van der Waals surface area (Å²) in [5.74, 6) is -1.51. The van der Waals surface area contributed by atoms with Crippen LogP contribution < -0.4 is 11.1 Å². The first-order valence-corrected chi connectivity index (χ1v) is 29.4. The minimum atomic E-state index is -3.89. The molecule has 6 aromatic rings. The number of nitrogens with zero attached hydrogens (tertiary/aromatic N) is 7. The lowest BCUT2D eigenvalue weighted by Crippen LogP contribution is -2.44. The largest absolute Gasteiger partial charge is 0.478 e. The van der Waals surface area contributed by atoms with Gasteiger partial charge in [0.2, 0.25) is 19.7 Å². The van der Waals surface area contributed by atoms with E-state index in [0.29, 0.717) is 62.8 Å². The summed E-state index contributed by atoms with van der Waals surface area (Å²) in [7, 11) is -5.76. The van der Waals surface area contributed by atoms with E-state index in [2.05, 4.69) is 59.3 Å². The van der Waals surface area contributed by atoms with Crippen molar-refractivity contribution < 1.29 is 41.1 Å². The summed E-state index contributed by atoms with van der Waals surface area (Å²) in [6, 6.07) is 8.63. The molecule has 18 nitrogen and oxygen atoms in total. The highest BCUT2D eigenvalue weighted by atomic mass is 32.2. The highest BCUT2D eigenvalue weighted by molar-refractivity contribution is 7.93. The Morgan fingerprint density at radius 2 is 1.35 bits per heavy atom. The highest BCUT2D eigenvalue weighted by Crippen LogP contribution is 2.38. The first kappa shape index (κ1) is 52.4. The van der Waals surface area contributed by atoms with Crippen LogP contribution in [0.5, 0.6) is 0 Å². The normalized spacial score (nSPS) is 16.5. The van der Waals surface area contributed by atoms with Crippen molar-refractivity contribution in [2.45, 2.75) is 102 Å². The van der Waals surface area contributed by atoms with Gasteiger partial charge in [0.15, 0.2) is 8.32 Å². The number of nitrogens with two attached hydrogens (primary N) is 1. The van der Waals surface area contributed by atoms with E-state index in [4.69, 9.17) is 10.2 Å². The summed E-state index contributed by atoms with van der Waals surface area (Å²) >= 11 is 2.10. The maximum Gasteiger partial charge on any atom is 0.335 e. The fourth-order valence-corrected chi connectivity index (χ4v) is 13.5. The molecule has 2 fully saturated rings. The van der Waals surface area contributed by atoms with Crippen molar-refractivity contribution in [3.05, 3.63) is 94.7 Å². The van der Waals surface area contributed by atoms with Crippen LogP contribution in [-0.4, -0.2) is 120 Å². The van der Waals surface area contributed by atoms with E-state index in [1.54, 1.807) is 54.3 Å². The number of sulfone groups is 2. The molecule has 366 valence electrons. The van der Waals surface area contributed by atoms with E-state index in [1.165, 1.54) is 54.0 Å². The topological polar surface area (TPSA) is 255 Å². The van der Waals surface area contributed by atoms with Crippen molar-refractivity contribution in [3.8, 4) is 22.3 Å². The second-order valence-electron chi connectivity index (χ2n) is 18.0. The summed E-state index contributed by atoms with van der Waals surface area (Å²) in [5.41, 5.74) is 8.09. The van der Waals surface area contributed by atoms with Crippen molar-refractivity contribution in [2.75, 3.05) is 26.2 Å². The Labute approximate surface area is 406 Å². The Morgan fingerprint density at radius 1 is 0.824 bits per heavy atom. The van der Waals surface area contributed by atoms with Gasteiger partial charge in [-0.1, -0.05) is 27.7 Å². The van der Waals surface area contributed by atoms with E-state index >= 15 is 0 Å². The number of carbonyl (C=O) groups excluding carboxylic acids is 1. The molecule has 0 saturated carbocycles. The Bertz CT molecular complexity index is 2970. The van der Waals surface area contributed by atoms with Crippen molar-refractivity contribution in [1.29, 1.82) is 0 Å². The molecule has 2 aliphatic heterocycles. The number of aromatic nitrogens is 6. The third kappa shape index (κ3) is 12.4. The van der Waals surface area contributed by atoms with E-state index < -0.39 is 40.1 Å². The molecule has 0 spiro atoms. The van der Waals surface area contributed by atoms with Gasteiger partial charge in [0, 0.05) is 69.4 Å². The number of thiazole rings is 2. The molecule has 23 heteroatoms. The lowest BCUT2D eigenvalue weighted by atomic mass is 10.1. The predicted molar refractivity (Wildman–Crippen MR) is 263 cm³/mol. The first-order valence-electron chi connectivity index (χ1n) is 21.9. The molecule has 2 atom stereocenters. The number of aromatic carboxylic acids is 1. The second kappa shape index (κ2) is 21.3. The molecule has 0 bridgehead atoms. The van der Waals surface area contributed by atoms with Gasteiger partial charge in [0.1, 0.15) is 13.4 Å². The number of carboxylic acid groups (broad SMARTS) is 1. The number of hydrogen-bond acceptors (Lipinski definition) is 16. The zero-order chi connectivity index (χ0) is 49.8. The average Bonchev–Trinajstić information content (AvgIpc) is 4.16. The molecule has 5 N–H and O–H groups in total. The van der Waals surface area contributed by atoms with Crippen LogP contribution in [0, 0.1) is 0 Å². The lowest BCUT2D eigenvalue weighted by Gasteiger charge is -2.38. The number of aliphatic hydroxyl groups is 1. The number of carbonyl (C=O) groups is 2. The van der Waals surface area contributed by atoms with Gasteiger partial charge < -0.3 is 30.6 Å². The third-order valence-corrected chi connectivity index (χ3v) is 22.9. The number of amides is 1. The van der Waals surface area contributed by atoms with Crippen LogP contribution in [0.3, 0.4) is 0 Å². The number of carboxylic acids is 1. The summed E-state index contributed by atoms with van der Waals surface area (Å²) in [5, 5.41) is 32.2. The molecule has 1 amide bonds. The number of β-amino-alcohol motifs (C(OH)–C–C–N with tert-alkyl or cyclic N) is 1. The van der Waals surface area contributed by atoms with Crippen LogP contribution in [0.15, 0.2) is 91.8 Å². The molecule has 2 saturated heterocycles. The monoisotopic (exact) mass is 1030 g/mol. The van der Waals surface area contributed by atoms with Crippen molar-refractivity contribution in [1.82, 2.24) is 39.7 Å². The molecule has 0 aliphatic carbocycles. The number of hydrogen-bond donors (Lipinski definition) is 4. The number of rotatable bonds is 12. The summed E-state index contributed by atoms with van der Waals surface area (Å²) in [6.45, 7) is 16.4. The molecule has 68 heavy (non-hydrogen) atoms. The van der Waals surface area contributed by atoms with Gasteiger partial charge in [-0.2, -0.15) is 10.2 Å². The number of nitrogens with one attached hydrogen (secondary N) is 1. The third-order valence-electron chi connectivity index (χ3n) is 11.8. The molecular weight excluding hydrogens is 967 g/mol. The maximum absolute atomic E-state index is 13.2. The molecule has 0 radical (unpaired) electrons. The average molecular weight is 1030 g/mol. The van der Waals surface area contributed by atoms with Crippen molar-refractivity contribution in [2.24, 2.45) is 19.8 Å². The standard InChI is InChI=1S/C19H21N5O4S2.C16H15N3O4S2.C10H23NOSi/c1-23-10-14(8-22-23)12-4-13(19(26)24-3-2-15(25)11-24)6-16(5-12)30(27,28)18-9-21-17(7-20)29-18;1-3-14-17-8-15(24-14)25(22,23)13-5-10(4-11(6-13)16(20)21)12-7-18-19(2)9-12;1-10(2,3)13(4,5)12-9-6-7-11-8-9/h4-6,8-10,15,25H,2-3,7,11,20H2,1H3;4-9H,3H2,1-2H3,(H,20,21);9,11H,6-8H2,1-5H3/t15-;;9-/m1.1/s1. The molecule has 2 aliphatic rings. The van der Waals surface area contributed by atoms with Crippen LogP contribution in [0.2, 0.25) is 18.1 Å². The van der Waals surface area contributed by atoms with Crippen molar-refractivity contribution in [3.63, 3.8) is 0 Å². The summed E-state index contributed by atoms with van der Waals surface area (Å²) < 4.78 is 61.8. The Hall–Kier alpha value is -4.98. The highest BCUT2D eigenvalue weighted by Gasteiger charge is 2.39. The summed E-state index contributed by atoms with van der Waals surface area (Å²) in [6.07, 6.45) is 11.4. The van der Waals surface area contributed by atoms with Crippen LogP contribution in [-0.2, 0) is 51.2 Å². The van der Waals surface area contributed by atoms with E-state index in [1.807, 2.05) is 6.92 Å². The Balaban J connectivity index is 0.000000181. The van der Waals surface area contributed by atoms with Gasteiger partial charge in [0.05, 0.1) is 57.4 Å². The molecule has 0 unspecified atom stereocenters. The van der Waals surface area contributed by atoms with E-state index in [9.17, 15) is 36.6 Å². The number of likely N-dealkylation sites (tertiary alicyclic amines) is 1. The van der Waals surface area contributed by atoms with E-state index in [-0.39, 0.29) is 48.3 Å². The van der Waals surface area contributed by atoms with Gasteiger partial charge in [-0.05, 0) is 91.5 Å². The van der Waals surface area contributed by atoms with Gasteiger partial charge in [-0.25, -0.2) is 31.6 Å². The van der Waals surface area contributed by atoms with Gasteiger partial charge in [-0.15, -0.1) is 22.7 Å². The van der Waals surface area contributed by atoms with Crippen LogP contribution >= 0.6 is 22.7 Å². The second-order valence-corrected chi connectivity index (χ2v) is 29.3. The quantitative estimate of drug-likeness (QED) is 0.102. The fourth-order valence-electron chi connectivity index (χ4n) is 6.99. The Morgan fingerprint density at radius 3 is 1.76 bits per heavy atom. The molecule has 2 aromatic carbocycles. The Kier molecular flexibility index (Phi) is 16.4. The molecule has 4 aromatic heterocycles. The lowest BCUT2D eigenvalue weighted by molar-refractivity contribution is 0.0695. The zero-order valence-electron chi connectivity index (χ0n) is 39.3. The van der Waals surface area contributed by atoms with Crippen LogP contribution in [0.1, 0.15) is 71.3 Å². The SMILES string of the molecule is CC(C)(C)[Si](C)(C)O[C@@H]1CCNC1.CCc1ncc(S(=O)(=O)c2cc(C(=O)O)cc(-c3cnn(C)c3)c2)s1.Cn1cc(-c2cc(C(=O)N3CC[C@@H](O)C3)cc(S(=O)(=O)c3cnc(CN)s3)c2)cn1. The van der Waals surface area contributed by atoms with Crippen molar-refractivity contribution >= 4 is 62.5 Å². The van der Waals surface area contributed by atoms with Crippen LogP contribution in [0.25, 0.3) is 22.3 Å². The molecule has 6 heterocycles. The maximum atomic E-state index is 13.2. The minimum Gasteiger partial charge on any atom is -0.478 e. The number of benzene rings is 2. The van der Waals surface area contributed by atoms with E-state index in [0.717, 1.165) is 35.8 Å². The summed E-state index contributed by atoms with van der Waals surface area (Å²) in [4.78, 5) is 34.0. The molecular formula is C45H59N9O9S4Si. The first-order chi connectivity index (χ1) is 31.9. The van der Waals surface area contributed by atoms with Gasteiger partial charge in [0.25, 0.3) is 5.91 Å². The van der Waals surface area contributed by atoms with Crippen LogP contribution in [0.4, 0.5) is 0 Å². The predicted octanol–water partition coefficient (Wildman–Crippen LogP) is 6.05. The van der Waals surface area contributed by atoms with Gasteiger partial charge in [-0.3, -0.25) is 14.2 Å². The fraction of sp³-hybridized carbons (Fsp3) is 0.422.